The topological polar surface area (TPSA) is 106 Å². The Balaban J connectivity index is 1.69. The fourth-order valence-corrected chi connectivity index (χ4v) is 3.33. The zero-order valence-electron chi connectivity index (χ0n) is 13.7. The number of carboxylic acid groups (broad SMARTS) is 1. The van der Waals surface area contributed by atoms with Crippen LogP contribution in [-0.2, 0) is 23.9 Å². The molecule has 1 saturated heterocycles. The molecule has 1 aromatic carbocycles. The third kappa shape index (κ3) is 3.78. The van der Waals surface area contributed by atoms with Gasteiger partial charge in [0.1, 0.15) is 0 Å². The second-order valence-corrected chi connectivity index (χ2v) is 6.86. The third-order valence-corrected chi connectivity index (χ3v) is 4.62. The Labute approximate surface area is 159 Å². The molecule has 2 aliphatic heterocycles. The Bertz CT molecular complexity index is 751. The van der Waals surface area contributed by atoms with Crippen LogP contribution in [0.2, 0.25) is 10.0 Å². The maximum atomic E-state index is 12.7. The van der Waals surface area contributed by atoms with Gasteiger partial charge in [-0.05, 0) is 18.2 Å². The number of rotatable bonds is 5. The molecule has 2 aliphatic rings. The second-order valence-electron chi connectivity index (χ2n) is 5.99. The van der Waals surface area contributed by atoms with Crippen LogP contribution in [-0.4, -0.2) is 54.3 Å². The first-order valence-corrected chi connectivity index (χ1v) is 8.50. The van der Waals surface area contributed by atoms with Crippen molar-refractivity contribution >= 4 is 40.8 Å². The van der Waals surface area contributed by atoms with Crippen molar-refractivity contribution in [2.24, 2.45) is 5.16 Å². The normalized spacial score (nSPS) is 27.7. The van der Waals surface area contributed by atoms with E-state index in [2.05, 4.69) is 10.5 Å². The van der Waals surface area contributed by atoms with Gasteiger partial charge in [0.25, 0.3) is 5.91 Å². The molecule has 0 saturated carbocycles. The van der Waals surface area contributed by atoms with E-state index in [-0.39, 0.29) is 19.4 Å². The number of aliphatic carboxylic acids is 1. The van der Waals surface area contributed by atoms with E-state index in [1.54, 1.807) is 18.2 Å². The molecule has 0 aliphatic carbocycles. The average Bonchev–Trinajstić information content (AvgIpc) is 3.21. The van der Waals surface area contributed by atoms with Gasteiger partial charge in [0.05, 0.1) is 24.8 Å². The Morgan fingerprint density at radius 2 is 2.04 bits per heavy atom. The zero-order chi connectivity index (χ0) is 18.9. The lowest BCUT2D eigenvalue weighted by Crippen LogP contribution is -2.52. The van der Waals surface area contributed by atoms with Gasteiger partial charge in [0.2, 0.25) is 0 Å². The minimum Gasteiger partial charge on any atom is -0.479 e. The van der Waals surface area contributed by atoms with Crippen LogP contribution in [0.4, 0.5) is 0 Å². The third-order valence-electron chi connectivity index (χ3n) is 4.18. The predicted octanol–water partition coefficient (Wildman–Crippen LogP) is 1.82. The van der Waals surface area contributed by atoms with Crippen molar-refractivity contribution < 1.29 is 29.0 Å². The van der Waals surface area contributed by atoms with Crippen molar-refractivity contribution in [2.75, 3.05) is 13.7 Å². The van der Waals surface area contributed by atoms with E-state index in [1.807, 2.05) is 0 Å². The van der Waals surface area contributed by atoms with E-state index in [4.69, 9.17) is 42.6 Å². The van der Waals surface area contributed by atoms with Crippen LogP contribution in [0.25, 0.3) is 0 Å². The van der Waals surface area contributed by atoms with Crippen molar-refractivity contribution in [1.82, 2.24) is 5.32 Å². The Morgan fingerprint density at radius 1 is 1.35 bits per heavy atom. The number of nitrogens with one attached hydrogen (secondary N) is 1. The fraction of sp³-hybridized carbons (Fsp3) is 0.438. The Hall–Kier alpha value is -1.87. The summed E-state index contributed by atoms with van der Waals surface area (Å²) in [6.07, 6.45) is -0.732. The number of carboxylic acids is 1. The lowest BCUT2D eigenvalue weighted by atomic mass is 10.0. The Kier molecular flexibility index (Phi) is 5.38. The molecule has 1 unspecified atom stereocenters. The van der Waals surface area contributed by atoms with Gasteiger partial charge in [-0.25, -0.2) is 4.79 Å². The highest BCUT2D eigenvalue weighted by Crippen LogP contribution is 2.30. The summed E-state index contributed by atoms with van der Waals surface area (Å²) in [6.45, 7) is 0.0973. The summed E-state index contributed by atoms with van der Waals surface area (Å²) in [4.78, 5) is 28.9. The van der Waals surface area contributed by atoms with Gasteiger partial charge in [0.15, 0.2) is 6.10 Å². The lowest BCUT2D eigenvalue weighted by Gasteiger charge is -2.25. The average molecular weight is 403 g/mol. The van der Waals surface area contributed by atoms with Gasteiger partial charge in [0, 0.05) is 29.1 Å². The van der Waals surface area contributed by atoms with Crippen LogP contribution >= 0.6 is 23.2 Å². The molecule has 2 N–H and O–H groups in total. The molecule has 2 heterocycles. The first kappa shape index (κ1) is 18.9. The van der Waals surface area contributed by atoms with Gasteiger partial charge >= 0.3 is 11.8 Å². The highest BCUT2D eigenvalue weighted by Gasteiger charge is 2.49. The highest BCUT2D eigenvalue weighted by atomic mass is 35.5. The van der Waals surface area contributed by atoms with Crippen molar-refractivity contribution in [1.29, 1.82) is 0 Å². The molecule has 3 rings (SSSR count). The standard InChI is InChI=1S/C16H16Cl2N2O6/c1-24-16(15(23)19-11-5-13(14(21)22)25-7-11)6-12(20-26-16)8-2-9(17)4-10(18)3-8/h2-4,11,13H,5-7H2,1H3,(H,19,23)(H,21,22)/t11-,13-,16?/m1/s1. The van der Waals surface area contributed by atoms with Crippen LogP contribution in [0.1, 0.15) is 18.4 Å². The van der Waals surface area contributed by atoms with Gasteiger partial charge < -0.3 is 24.7 Å². The Morgan fingerprint density at radius 3 is 2.62 bits per heavy atom. The number of amides is 1. The summed E-state index contributed by atoms with van der Waals surface area (Å²) in [6, 6.07) is 4.44. The minimum atomic E-state index is -1.65. The first-order valence-electron chi connectivity index (χ1n) is 7.75. The number of halogens is 2. The van der Waals surface area contributed by atoms with E-state index in [0.29, 0.717) is 21.3 Å². The molecule has 10 heteroatoms. The van der Waals surface area contributed by atoms with Crippen molar-refractivity contribution in [3.05, 3.63) is 33.8 Å². The first-order chi connectivity index (χ1) is 12.3. The number of hydrogen-bond acceptors (Lipinski definition) is 6. The van der Waals surface area contributed by atoms with Crippen LogP contribution in [0.3, 0.4) is 0 Å². The maximum absolute atomic E-state index is 12.7. The summed E-state index contributed by atoms with van der Waals surface area (Å²) in [5.41, 5.74) is 1.07. The number of carbonyl (C=O) groups excluding carboxylic acids is 1. The molecule has 140 valence electrons. The maximum Gasteiger partial charge on any atom is 0.332 e. The molecular formula is C16H16Cl2N2O6. The zero-order valence-corrected chi connectivity index (χ0v) is 15.2. The van der Waals surface area contributed by atoms with Gasteiger partial charge in [-0.3, -0.25) is 4.79 Å². The summed E-state index contributed by atoms with van der Waals surface area (Å²) >= 11 is 12.0. The van der Waals surface area contributed by atoms with E-state index in [0.717, 1.165) is 0 Å². The molecule has 0 aromatic heterocycles. The summed E-state index contributed by atoms with van der Waals surface area (Å²) < 4.78 is 10.4. The van der Waals surface area contributed by atoms with E-state index < -0.39 is 29.8 Å². The molecule has 3 atom stereocenters. The lowest BCUT2D eigenvalue weighted by molar-refractivity contribution is -0.209. The number of benzene rings is 1. The van der Waals surface area contributed by atoms with Crippen molar-refractivity contribution in [3.8, 4) is 0 Å². The van der Waals surface area contributed by atoms with Gasteiger partial charge in [-0.2, -0.15) is 0 Å². The predicted molar refractivity (Wildman–Crippen MR) is 92.4 cm³/mol. The molecule has 1 aromatic rings. The summed E-state index contributed by atoms with van der Waals surface area (Å²) in [7, 11) is 1.33. The van der Waals surface area contributed by atoms with E-state index in [1.165, 1.54) is 7.11 Å². The molecule has 1 amide bonds. The summed E-state index contributed by atoms with van der Waals surface area (Å²) in [5, 5.41) is 16.4. The highest BCUT2D eigenvalue weighted by molar-refractivity contribution is 6.35. The summed E-state index contributed by atoms with van der Waals surface area (Å²) in [5.74, 6) is -3.28. The monoisotopic (exact) mass is 402 g/mol. The SMILES string of the molecule is COC1(C(=O)N[C@H]2CO[C@@H](C(=O)O)C2)CC(c2cc(Cl)cc(Cl)c2)=NO1. The fourth-order valence-electron chi connectivity index (χ4n) is 2.81. The largest absolute Gasteiger partial charge is 0.479 e. The van der Waals surface area contributed by atoms with Gasteiger partial charge in [-0.1, -0.05) is 28.4 Å². The molecular weight excluding hydrogens is 387 g/mol. The molecule has 26 heavy (non-hydrogen) atoms. The molecule has 8 nitrogen and oxygen atoms in total. The van der Waals surface area contributed by atoms with E-state index in [9.17, 15) is 9.59 Å². The molecule has 1 fully saturated rings. The minimum absolute atomic E-state index is 0.0436. The number of ether oxygens (including phenoxy) is 2. The molecule has 0 spiro atoms. The number of hydrogen-bond donors (Lipinski definition) is 2. The van der Waals surface area contributed by atoms with Crippen LogP contribution in [0.5, 0.6) is 0 Å². The smallest absolute Gasteiger partial charge is 0.332 e. The van der Waals surface area contributed by atoms with Crippen molar-refractivity contribution in [3.63, 3.8) is 0 Å². The molecule has 0 radical (unpaired) electrons. The van der Waals surface area contributed by atoms with Gasteiger partial charge in [-0.15, -0.1) is 0 Å². The number of methoxy groups -OCH3 is 1. The van der Waals surface area contributed by atoms with Crippen LogP contribution in [0.15, 0.2) is 23.4 Å². The van der Waals surface area contributed by atoms with Crippen LogP contribution < -0.4 is 5.32 Å². The number of nitrogens with zero attached hydrogens (tertiary/aromatic N) is 1. The molecule has 0 bridgehead atoms. The van der Waals surface area contributed by atoms with E-state index >= 15 is 0 Å². The number of carbonyl (C=O) groups is 2. The van der Waals surface area contributed by atoms with Crippen LogP contribution in [0, 0.1) is 0 Å². The number of oxime groups is 1. The quantitative estimate of drug-likeness (QED) is 0.777. The van der Waals surface area contributed by atoms with Crippen molar-refractivity contribution in [2.45, 2.75) is 30.8 Å². The second kappa shape index (κ2) is 7.40.